The molecule has 7 nitrogen and oxygen atoms in total. The summed E-state index contributed by atoms with van der Waals surface area (Å²) >= 11 is 0. The molecule has 2 aromatic heterocycles. The first-order valence-corrected chi connectivity index (χ1v) is 11.1. The van der Waals surface area contributed by atoms with E-state index in [0.29, 0.717) is 13.1 Å². The van der Waals surface area contributed by atoms with Crippen molar-refractivity contribution in [1.29, 1.82) is 0 Å². The molecule has 0 unspecified atom stereocenters. The lowest BCUT2D eigenvalue weighted by molar-refractivity contribution is -0.141. The van der Waals surface area contributed by atoms with Gasteiger partial charge in [0.2, 0.25) is 5.91 Å². The number of aryl methyl sites for hydroxylation is 1. The van der Waals surface area contributed by atoms with E-state index in [1.165, 1.54) is 5.56 Å². The molecule has 0 bridgehead atoms. The number of aromatic nitrogens is 3. The minimum atomic E-state index is 0.0156. The van der Waals surface area contributed by atoms with Crippen LogP contribution >= 0.6 is 0 Å². The first-order valence-electron chi connectivity index (χ1n) is 11.1. The van der Waals surface area contributed by atoms with Crippen molar-refractivity contribution in [2.24, 2.45) is 11.3 Å². The van der Waals surface area contributed by atoms with E-state index in [0.717, 1.165) is 57.8 Å². The molecule has 0 aliphatic carbocycles. The summed E-state index contributed by atoms with van der Waals surface area (Å²) in [6, 6.07) is 3.99. The molecule has 1 atom stereocenters. The van der Waals surface area contributed by atoms with Crippen molar-refractivity contribution < 1.29 is 9.53 Å². The second kappa shape index (κ2) is 9.27. The molecule has 0 aromatic carbocycles. The zero-order valence-corrected chi connectivity index (χ0v) is 18.2. The van der Waals surface area contributed by atoms with Crippen molar-refractivity contribution in [3.8, 4) is 0 Å². The SMILES string of the molecule is CCN(Cc1ccncc1)C(=O)[C@@H]1CN(Cc2cnn(CC)c2)CC12CCOCC2. The summed E-state index contributed by atoms with van der Waals surface area (Å²) in [7, 11) is 0. The largest absolute Gasteiger partial charge is 0.381 e. The van der Waals surface area contributed by atoms with E-state index in [1.807, 2.05) is 27.9 Å². The number of hydrogen-bond acceptors (Lipinski definition) is 5. The Bertz CT molecular complexity index is 831. The van der Waals surface area contributed by atoms with E-state index in [1.54, 1.807) is 12.4 Å². The van der Waals surface area contributed by atoms with Gasteiger partial charge in [0.25, 0.3) is 0 Å². The third-order valence-corrected chi connectivity index (χ3v) is 6.74. The van der Waals surface area contributed by atoms with Gasteiger partial charge in [-0.1, -0.05) is 0 Å². The molecule has 0 radical (unpaired) electrons. The lowest BCUT2D eigenvalue weighted by Gasteiger charge is -2.39. The van der Waals surface area contributed by atoms with Crippen molar-refractivity contribution >= 4 is 5.91 Å². The van der Waals surface area contributed by atoms with Crippen molar-refractivity contribution in [2.75, 3.05) is 32.8 Å². The van der Waals surface area contributed by atoms with Crippen LogP contribution in [-0.2, 0) is 29.2 Å². The Morgan fingerprint density at radius 3 is 2.67 bits per heavy atom. The summed E-state index contributed by atoms with van der Waals surface area (Å²) in [5, 5.41) is 4.41. The summed E-state index contributed by atoms with van der Waals surface area (Å²) in [4.78, 5) is 22.3. The van der Waals surface area contributed by atoms with Crippen LogP contribution in [0.4, 0.5) is 0 Å². The zero-order chi connectivity index (χ0) is 21.0. The van der Waals surface area contributed by atoms with Gasteiger partial charge in [0.15, 0.2) is 0 Å². The van der Waals surface area contributed by atoms with E-state index in [9.17, 15) is 4.79 Å². The van der Waals surface area contributed by atoms with Gasteiger partial charge in [0.05, 0.1) is 12.1 Å². The number of hydrogen-bond donors (Lipinski definition) is 0. The molecule has 0 N–H and O–H groups in total. The van der Waals surface area contributed by atoms with Crippen LogP contribution in [0.5, 0.6) is 0 Å². The normalized spacial score (nSPS) is 21.2. The number of likely N-dealkylation sites (tertiary alicyclic amines) is 1. The van der Waals surface area contributed by atoms with Crippen molar-refractivity contribution in [3.63, 3.8) is 0 Å². The maximum atomic E-state index is 13.7. The lowest BCUT2D eigenvalue weighted by atomic mass is 9.71. The number of carbonyl (C=O) groups excluding carboxylic acids is 1. The summed E-state index contributed by atoms with van der Waals surface area (Å²) in [6.07, 6.45) is 9.58. The molecule has 2 fully saturated rings. The van der Waals surface area contributed by atoms with Crippen LogP contribution in [0.15, 0.2) is 36.9 Å². The van der Waals surface area contributed by atoms with Gasteiger partial charge in [-0.3, -0.25) is 19.4 Å². The van der Waals surface area contributed by atoms with Crippen molar-refractivity contribution in [2.45, 2.75) is 46.3 Å². The number of pyridine rings is 1. The Kier molecular flexibility index (Phi) is 6.49. The van der Waals surface area contributed by atoms with Gasteiger partial charge in [-0.2, -0.15) is 5.10 Å². The average Bonchev–Trinajstić information content (AvgIpc) is 3.37. The van der Waals surface area contributed by atoms with Gasteiger partial charge >= 0.3 is 0 Å². The highest BCUT2D eigenvalue weighted by Gasteiger charge is 2.51. The minimum absolute atomic E-state index is 0.0156. The molecule has 162 valence electrons. The molecule has 1 spiro atoms. The maximum Gasteiger partial charge on any atom is 0.227 e. The molecule has 7 heteroatoms. The molecule has 2 aliphatic heterocycles. The highest BCUT2D eigenvalue weighted by molar-refractivity contribution is 5.80. The van der Waals surface area contributed by atoms with E-state index in [4.69, 9.17) is 4.74 Å². The number of amides is 1. The molecule has 2 aromatic rings. The van der Waals surface area contributed by atoms with Gasteiger partial charge in [0, 0.05) is 82.1 Å². The van der Waals surface area contributed by atoms with Gasteiger partial charge in [-0.05, 0) is 44.4 Å². The predicted molar refractivity (Wildman–Crippen MR) is 114 cm³/mol. The minimum Gasteiger partial charge on any atom is -0.381 e. The first-order chi connectivity index (χ1) is 14.6. The average molecular weight is 412 g/mol. The topological polar surface area (TPSA) is 63.5 Å². The van der Waals surface area contributed by atoms with Crippen molar-refractivity contribution in [3.05, 3.63) is 48.0 Å². The Hall–Kier alpha value is -2.25. The highest BCUT2D eigenvalue weighted by atomic mass is 16.5. The molecule has 4 rings (SSSR count). The fourth-order valence-corrected chi connectivity index (χ4v) is 5.01. The first kappa shape index (κ1) is 21.0. The van der Waals surface area contributed by atoms with Gasteiger partial charge < -0.3 is 9.64 Å². The molecular formula is C23H33N5O2. The third kappa shape index (κ3) is 4.42. The van der Waals surface area contributed by atoms with E-state index >= 15 is 0 Å². The summed E-state index contributed by atoms with van der Waals surface area (Å²) in [5.74, 6) is 0.298. The molecule has 1 amide bonds. The zero-order valence-electron chi connectivity index (χ0n) is 18.2. The Morgan fingerprint density at radius 2 is 2.00 bits per heavy atom. The Labute approximate surface area is 179 Å². The fraction of sp³-hybridized carbons (Fsp3) is 0.609. The second-order valence-corrected chi connectivity index (χ2v) is 8.61. The number of ether oxygens (including phenoxy) is 1. The van der Waals surface area contributed by atoms with E-state index < -0.39 is 0 Å². The molecule has 2 aliphatic rings. The Morgan fingerprint density at radius 1 is 1.23 bits per heavy atom. The molecular weight excluding hydrogens is 378 g/mol. The number of nitrogens with zero attached hydrogens (tertiary/aromatic N) is 5. The monoisotopic (exact) mass is 411 g/mol. The third-order valence-electron chi connectivity index (χ3n) is 6.74. The quantitative estimate of drug-likeness (QED) is 0.701. The standard InChI is InChI=1S/C23H33N5O2/c1-3-27(15-19-5-9-24-10-6-19)22(29)21-17-26(14-20-13-25-28(4-2)16-20)18-23(21)7-11-30-12-8-23/h5-6,9-10,13,16,21H,3-4,7-8,11-12,14-15,17-18H2,1-2H3/t21-/m0/s1. The van der Waals surface area contributed by atoms with Crippen LogP contribution in [0.2, 0.25) is 0 Å². The second-order valence-electron chi connectivity index (χ2n) is 8.61. The molecule has 2 saturated heterocycles. The smallest absolute Gasteiger partial charge is 0.227 e. The lowest BCUT2D eigenvalue weighted by Crippen LogP contribution is -2.46. The van der Waals surface area contributed by atoms with Crippen LogP contribution in [0.1, 0.15) is 37.8 Å². The van der Waals surface area contributed by atoms with Crippen LogP contribution in [0.3, 0.4) is 0 Å². The number of carbonyl (C=O) groups is 1. The van der Waals surface area contributed by atoms with Gasteiger partial charge in [-0.15, -0.1) is 0 Å². The summed E-state index contributed by atoms with van der Waals surface area (Å²) in [6.45, 7) is 10.5. The van der Waals surface area contributed by atoms with Gasteiger partial charge in [-0.25, -0.2) is 0 Å². The molecule has 0 saturated carbocycles. The van der Waals surface area contributed by atoms with Crippen molar-refractivity contribution in [1.82, 2.24) is 24.6 Å². The summed E-state index contributed by atoms with van der Waals surface area (Å²) in [5.41, 5.74) is 2.36. The Balaban J connectivity index is 1.51. The van der Waals surface area contributed by atoms with Crippen LogP contribution in [0, 0.1) is 11.3 Å². The predicted octanol–water partition coefficient (Wildman–Crippen LogP) is 2.58. The van der Waals surface area contributed by atoms with Crippen LogP contribution in [0.25, 0.3) is 0 Å². The molecule has 30 heavy (non-hydrogen) atoms. The van der Waals surface area contributed by atoms with Gasteiger partial charge in [0.1, 0.15) is 0 Å². The molecule has 4 heterocycles. The van der Waals surface area contributed by atoms with E-state index in [-0.39, 0.29) is 17.2 Å². The number of rotatable bonds is 7. The van der Waals surface area contributed by atoms with Crippen LogP contribution in [-0.4, -0.2) is 63.3 Å². The van der Waals surface area contributed by atoms with Crippen LogP contribution < -0.4 is 0 Å². The highest BCUT2D eigenvalue weighted by Crippen LogP contribution is 2.45. The fourth-order valence-electron chi connectivity index (χ4n) is 5.01. The van der Waals surface area contributed by atoms with E-state index in [2.05, 4.69) is 35.0 Å². The maximum absolute atomic E-state index is 13.7. The summed E-state index contributed by atoms with van der Waals surface area (Å²) < 4.78 is 7.64.